The molecule has 0 atom stereocenters. The van der Waals surface area contributed by atoms with Crippen LogP contribution in [0.25, 0.3) is 11.3 Å². The summed E-state index contributed by atoms with van der Waals surface area (Å²) in [5, 5.41) is 9.22. The predicted molar refractivity (Wildman–Crippen MR) is 68.0 cm³/mol. The molecule has 1 aromatic carbocycles. The zero-order valence-electron chi connectivity index (χ0n) is 9.44. The first-order chi connectivity index (χ1) is 8.00. The van der Waals surface area contributed by atoms with Crippen LogP contribution in [0, 0.1) is 6.92 Å². The smallest absolute Gasteiger partial charge is 0.354 e. The highest BCUT2D eigenvalue weighted by Gasteiger charge is 2.19. The van der Waals surface area contributed by atoms with E-state index in [1.165, 1.54) is 0 Å². The number of benzene rings is 1. The van der Waals surface area contributed by atoms with Gasteiger partial charge in [-0.15, -0.1) is 0 Å². The SMILES string of the molecule is Cc1nc(-c2cccc(Br)c2)c(C(=O)O)n1C. The largest absolute Gasteiger partial charge is 0.477 e. The molecule has 88 valence electrons. The second-order valence-electron chi connectivity index (χ2n) is 3.73. The van der Waals surface area contributed by atoms with Crippen molar-refractivity contribution in [3.63, 3.8) is 0 Å². The molecule has 1 N–H and O–H groups in total. The van der Waals surface area contributed by atoms with Gasteiger partial charge in [-0.25, -0.2) is 9.78 Å². The van der Waals surface area contributed by atoms with Crippen LogP contribution >= 0.6 is 15.9 Å². The fourth-order valence-corrected chi connectivity index (χ4v) is 2.09. The van der Waals surface area contributed by atoms with Crippen LogP contribution in [0.3, 0.4) is 0 Å². The highest BCUT2D eigenvalue weighted by atomic mass is 79.9. The van der Waals surface area contributed by atoms with Gasteiger partial charge in [-0.3, -0.25) is 0 Å². The van der Waals surface area contributed by atoms with Crippen molar-refractivity contribution < 1.29 is 9.90 Å². The summed E-state index contributed by atoms with van der Waals surface area (Å²) in [7, 11) is 1.70. The van der Waals surface area contributed by atoms with Crippen molar-refractivity contribution in [1.29, 1.82) is 0 Å². The molecule has 17 heavy (non-hydrogen) atoms. The maximum atomic E-state index is 11.2. The number of carbonyl (C=O) groups is 1. The quantitative estimate of drug-likeness (QED) is 0.927. The molecule has 0 aliphatic rings. The first-order valence-electron chi connectivity index (χ1n) is 5.03. The monoisotopic (exact) mass is 294 g/mol. The van der Waals surface area contributed by atoms with Crippen LogP contribution in [-0.4, -0.2) is 20.6 Å². The first kappa shape index (κ1) is 11.9. The minimum atomic E-state index is -0.969. The van der Waals surface area contributed by atoms with Crippen LogP contribution in [0.15, 0.2) is 28.7 Å². The Balaban J connectivity index is 2.67. The van der Waals surface area contributed by atoms with Gasteiger partial charge in [-0.2, -0.15) is 0 Å². The normalized spacial score (nSPS) is 10.5. The molecular weight excluding hydrogens is 284 g/mol. The number of aromatic carboxylic acids is 1. The summed E-state index contributed by atoms with van der Waals surface area (Å²) in [4.78, 5) is 15.5. The number of hydrogen-bond donors (Lipinski definition) is 1. The van der Waals surface area contributed by atoms with E-state index in [-0.39, 0.29) is 5.69 Å². The maximum absolute atomic E-state index is 11.2. The molecule has 0 radical (unpaired) electrons. The number of aromatic nitrogens is 2. The van der Waals surface area contributed by atoms with Crippen LogP contribution in [0.4, 0.5) is 0 Å². The van der Waals surface area contributed by atoms with E-state index in [0.717, 1.165) is 10.0 Å². The van der Waals surface area contributed by atoms with Gasteiger partial charge >= 0.3 is 5.97 Å². The van der Waals surface area contributed by atoms with Gasteiger partial charge < -0.3 is 9.67 Å². The van der Waals surface area contributed by atoms with Gasteiger partial charge in [-0.05, 0) is 19.1 Å². The van der Waals surface area contributed by atoms with Gasteiger partial charge in [0.1, 0.15) is 11.5 Å². The van der Waals surface area contributed by atoms with E-state index >= 15 is 0 Å². The van der Waals surface area contributed by atoms with Gasteiger partial charge in [0.05, 0.1) is 0 Å². The fourth-order valence-electron chi connectivity index (χ4n) is 1.69. The maximum Gasteiger partial charge on any atom is 0.354 e. The van der Waals surface area contributed by atoms with E-state index in [1.807, 2.05) is 24.3 Å². The molecular formula is C12H11BrN2O2. The average Bonchev–Trinajstić information content (AvgIpc) is 2.55. The van der Waals surface area contributed by atoms with Crippen LogP contribution in [0.2, 0.25) is 0 Å². The number of rotatable bonds is 2. The molecule has 2 rings (SSSR count). The zero-order chi connectivity index (χ0) is 12.6. The Morgan fingerprint density at radius 2 is 2.18 bits per heavy atom. The van der Waals surface area contributed by atoms with Crippen molar-refractivity contribution in [1.82, 2.24) is 9.55 Å². The number of carboxylic acid groups (broad SMARTS) is 1. The summed E-state index contributed by atoms with van der Waals surface area (Å²) in [5.41, 5.74) is 1.50. The Morgan fingerprint density at radius 3 is 2.76 bits per heavy atom. The van der Waals surface area contributed by atoms with Crippen molar-refractivity contribution in [3.05, 3.63) is 40.3 Å². The van der Waals surface area contributed by atoms with Gasteiger partial charge in [0, 0.05) is 17.1 Å². The summed E-state index contributed by atoms with van der Waals surface area (Å²) in [6, 6.07) is 7.45. The van der Waals surface area contributed by atoms with Crippen molar-refractivity contribution in [2.24, 2.45) is 7.05 Å². The predicted octanol–water partition coefficient (Wildman–Crippen LogP) is 2.86. The molecule has 0 fully saturated rings. The van der Waals surface area contributed by atoms with Crippen molar-refractivity contribution in [2.75, 3.05) is 0 Å². The molecule has 1 heterocycles. The van der Waals surface area contributed by atoms with E-state index in [1.54, 1.807) is 18.5 Å². The molecule has 2 aromatic rings. The number of nitrogens with zero attached hydrogens (tertiary/aromatic N) is 2. The minimum absolute atomic E-state index is 0.209. The second-order valence-corrected chi connectivity index (χ2v) is 4.65. The number of aryl methyl sites for hydroxylation is 1. The van der Waals surface area contributed by atoms with E-state index in [4.69, 9.17) is 0 Å². The second kappa shape index (κ2) is 4.33. The molecule has 0 bridgehead atoms. The Labute approximate surface area is 107 Å². The van der Waals surface area contributed by atoms with Crippen LogP contribution in [0.5, 0.6) is 0 Å². The van der Waals surface area contributed by atoms with E-state index in [9.17, 15) is 9.90 Å². The lowest BCUT2D eigenvalue weighted by Crippen LogP contribution is -2.06. The molecule has 1 aromatic heterocycles. The molecule has 4 nitrogen and oxygen atoms in total. The van der Waals surface area contributed by atoms with E-state index in [2.05, 4.69) is 20.9 Å². The lowest BCUT2D eigenvalue weighted by molar-refractivity contribution is 0.0687. The summed E-state index contributed by atoms with van der Waals surface area (Å²) in [5.74, 6) is -0.291. The Kier molecular flexibility index (Phi) is 3.02. The standard InChI is InChI=1S/C12H11BrN2O2/c1-7-14-10(11(12(16)17)15(7)2)8-4-3-5-9(13)6-8/h3-6H,1-2H3,(H,16,17). The number of imidazole rings is 1. The molecule has 0 spiro atoms. The summed E-state index contributed by atoms with van der Waals surface area (Å²) in [6.45, 7) is 1.79. The number of carboxylic acids is 1. The topological polar surface area (TPSA) is 55.1 Å². The van der Waals surface area contributed by atoms with E-state index in [0.29, 0.717) is 11.5 Å². The van der Waals surface area contributed by atoms with Crippen molar-refractivity contribution in [2.45, 2.75) is 6.92 Å². The molecule has 5 heteroatoms. The average molecular weight is 295 g/mol. The minimum Gasteiger partial charge on any atom is -0.477 e. The first-order valence-corrected chi connectivity index (χ1v) is 5.82. The molecule has 0 saturated heterocycles. The Hall–Kier alpha value is -1.62. The Bertz CT molecular complexity index is 590. The summed E-state index contributed by atoms with van der Waals surface area (Å²) >= 11 is 3.36. The molecule has 0 saturated carbocycles. The third kappa shape index (κ3) is 2.10. The fraction of sp³-hybridized carbons (Fsp3) is 0.167. The molecule has 0 unspecified atom stereocenters. The molecule has 0 aliphatic carbocycles. The van der Waals surface area contributed by atoms with E-state index < -0.39 is 5.97 Å². The number of halogens is 1. The van der Waals surface area contributed by atoms with Crippen LogP contribution < -0.4 is 0 Å². The zero-order valence-corrected chi connectivity index (χ0v) is 11.0. The molecule has 0 aliphatic heterocycles. The Morgan fingerprint density at radius 1 is 1.47 bits per heavy atom. The lowest BCUT2D eigenvalue weighted by Gasteiger charge is -2.02. The summed E-state index contributed by atoms with van der Waals surface area (Å²) < 4.78 is 2.48. The van der Waals surface area contributed by atoms with Crippen LogP contribution in [-0.2, 0) is 7.05 Å². The molecule has 0 amide bonds. The van der Waals surface area contributed by atoms with Crippen molar-refractivity contribution in [3.8, 4) is 11.3 Å². The van der Waals surface area contributed by atoms with Gasteiger partial charge in [0.25, 0.3) is 0 Å². The summed E-state index contributed by atoms with van der Waals surface area (Å²) in [6.07, 6.45) is 0. The van der Waals surface area contributed by atoms with Gasteiger partial charge in [0.15, 0.2) is 5.69 Å². The van der Waals surface area contributed by atoms with Crippen LogP contribution in [0.1, 0.15) is 16.3 Å². The highest BCUT2D eigenvalue weighted by Crippen LogP contribution is 2.26. The highest BCUT2D eigenvalue weighted by molar-refractivity contribution is 9.10. The lowest BCUT2D eigenvalue weighted by atomic mass is 10.1. The number of hydrogen-bond acceptors (Lipinski definition) is 2. The van der Waals surface area contributed by atoms with Crippen molar-refractivity contribution >= 4 is 21.9 Å². The van der Waals surface area contributed by atoms with Gasteiger partial charge in [0.2, 0.25) is 0 Å². The van der Waals surface area contributed by atoms with Gasteiger partial charge in [-0.1, -0.05) is 28.1 Å². The third-order valence-corrected chi connectivity index (χ3v) is 3.11. The third-order valence-electron chi connectivity index (χ3n) is 2.62.